The third-order valence-electron chi connectivity index (χ3n) is 3.69. The van der Waals surface area contributed by atoms with Crippen LogP contribution >= 0.6 is 11.3 Å². The molecule has 20 heavy (non-hydrogen) atoms. The second-order valence-corrected chi connectivity index (χ2v) is 6.07. The van der Waals surface area contributed by atoms with Gasteiger partial charge >= 0.3 is 0 Å². The van der Waals surface area contributed by atoms with Crippen LogP contribution in [0.15, 0.2) is 29.8 Å². The highest BCUT2D eigenvalue weighted by Gasteiger charge is 2.24. The Morgan fingerprint density at radius 2 is 2.40 bits per heavy atom. The van der Waals surface area contributed by atoms with Crippen LogP contribution in [0.1, 0.15) is 19.0 Å². The van der Waals surface area contributed by atoms with E-state index in [0.717, 1.165) is 42.3 Å². The predicted octanol–water partition coefficient (Wildman–Crippen LogP) is 2.62. The Morgan fingerprint density at radius 3 is 3.10 bits per heavy atom. The molecule has 2 aromatic rings. The fourth-order valence-electron chi connectivity index (χ4n) is 2.64. The lowest BCUT2D eigenvalue weighted by atomic mass is 10.0. The molecule has 1 aliphatic rings. The summed E-state index contributed by atoms with van der Waals surface area (Å²) in [4.78, 5) is 22.3. The third kappa shape index (κ3) is 2.88. The maximum Gasteiger partial charge on any atom is 0.219 e. The van der Waals surface area contributed by atoms with E-state index in [2.05, 4.69) is 11.1 Å². The van der Waals surface area contributed by atoms with Gasteiger partial charge in [-0.15, -0.1) is 11.3 Å². The number of likely N-dealkylation sites (tertiary alicyclic amines) is 1. The predicted molar refractivity (Wildman–Crippen MR) is 79.4 cm³/mol. The molecule has 0 bridgehead atoms. The Morgan fingerprint density at radius 1 is 1.50 bits per heavy atom. The average molecular weight is 287 g/mol. The molecular weight excluding hydrogens is 270 g/mol. The van der Waals surface area contributed by atoms with Crippen LogP contribution in [0.3, 0.4) is 0 Å². The Kier molecular flexibility index (Phi) is 3.78. The van der Waals surface area contributed by atoms with E-state index in [4.69, 9.17) is 4.98 Å². The third-order valence-corrected chi connectivity index (χ3v) is 4.48. The average Bonchev–Trinajstić information content (AvgIpc) is 3.10. The summed E-state index contributed by atoms with van der Waals surface area (Å²) in [6.45, 7) is 3.38. The molecule has 1 fully saturated rings. The van der Waals surface area contributed by atoms with Crippen molar-refractivity contribution in [2.75, 3.05) is 13.1 Å². The van der Waals surface area contributed by atoms with Crippen LogP contribution in [-0.4, -0.2) is 33.9 Å². The number of nitrogens with zero attached hydrogens (tertiary/aromatic N) is 3. The number of pyridine rings is 1. The van der Waals surface area contributed by atoms with Crippen LogP contribution in [0.4, 0.5) is 0 Å². The first kappa shape index (κ1) is 13.2. The zero-order valence-corrected chi connectivity index (χ0v) is 12.3. The number of carbonyl (C=O) groups is 1. The first-order valence-corrected chi connectivity index (χ1v) is 7.71. The summed E-state index contributed by atoms with van der Waals surface area (Å²) >= 11 is 1.61. The number of hydrogen-bond donors (Lipinski definition) is 0. The molecule has 1 saturated heterocycles. The second kappa shape index (κ2) is 5.71. The van der Waals surface area contributed by atoms with Gasteiger partial charge in [0.15, 0.2) is 0 Å². The maximum absolute atomic E-state index is 11.4. The molecule has 0 spiro atoms. The first-order valence-electron chi connectivity index (χ1n) is 6.83. The van der Waals surface area contributed by atoms with Crippen molar-refractivity contribution < 1.29 is 4.79 Å². The van der Waals surface area contributed by atoms with Crippen LogP contribution in [-0.2, 0) is 11.2 Å². The van der Waals surface area contributed by atoms with Gasteiger partial charge in [-0.3, -0.25) is 9.78 Å². The van der Waals surface area contributed by atoms with Gasteiger partial charge in [-0.2, -0.15) is 0 Å². The zero-order valence-electron chi connectivity index (χ0n) is 11.5. The normalized spacial score (nSPS) is 18.4. The van der Waals surface area contributed by atoms with E-state index < -0.39 is 0 Å². The van der Waals surface area contributed by atoms with Crippen molar-refractivity contribution >= 4 is 17.2 Å². The SMILES string of the molecule is CC(=O)N1CC[C@H](Cc2cccc(-c3nccs3)n2)C1. The minimum absolute atomic E-state index is 0.178. The number of hydrogen-bond acceptors (Lipinski definition) is 4. The zero-order chi connectivity index (χ0) is 13.9. The fourth-order valence-corrected chi connectivity index (χ4v) is 3.25. The van der Waals surface area contributed by atoms with Gasteiger partial charge in [0.25, 0.3) is 0 Å². The highest BCUT2D eigenvalue weighted by Crippen LogP contribution is 2.23. The molecule has 0 radical (unpaired) electrons. The van der Waals surface area contributed by atoms with Crippen LogP contribution in [0.5, 0.6) is 0 Å². The first-order chi connectivity index (χ1) is 9.72. The molecule has 104 valence electrons. The standard InChI is InChI=1S/C15H17N3OS/c1-11(19)18-7-5-12(10-18)9-13-3-2-4-14(17-13)15-16-6-8-20-15/h2-4,6,8,12H,5,7,9-10H2,1H3/t12-/m1/s1. The van der Waals surface area contributed by atoms with Crippen molar-refractivity contribution in [1.29, 1.82) is 0 Å². The van der Waals surface area contributed by atoms with Gasteiger partial charge in [0.2, 0.25) is 5.91 Å². The smallest absolute Gasteiger partial charge is 0.219 e. The Bertz CT molecular complexity index is 597. The van der Waals surface area contributed by atoms with Gasteiger partial charge < -0.3 is 4.90 Å². The molecule has 1 aliphatic heterocycles. The highest BCUT2D eigenvalue weighted by atomic mass is 32.1. The number of thiazole rings is 1. The summed E-state index contributed by atoms with van der Waals surface area (Å²) in [5.74, 6) is 0.704. The van der Waals surface area contributed by atoms with Gasteiger partial charge in [0.05, 0.1) is 5.69 Å². The number of rotatable bonds is 3. The molecular formula is C15H17N3OS. The molecule has 3 heterocycles. The molecule has 1 amide bonds. The van der Waals surface area contributed by atoms with Crippen molar-refractivity contribution in [2.45, 2.75) is 19.8 Å². The van der Waals surface area contributed by atoms with Gasteiger partial charge in [0.1, 0.15) is 5.01 Å². The molecule has 0 aliphatic carbocycles. The second-order valence-electron chi connectivity index (χ2n) is 5.18. The van der Waals surface area contributed by atoms with E-state index in [1.165, 1.54) is 0 Å². The minimum Gasteiger partial charge on any atom is -0.343 e. The van der Waals surface area contributed by atoms with Gasteiger partial charge in [-0.05, 0) is 30.9 Å². The molecule has 0 N–H and O–H groups in total. The van der Waals surface area contributed by atoms with Gasteiger partial charge in [-0.1, -0.05) is 6.07 Å². The van der Waals surface area contributed by atoms with E-state index in [1.807, 2.05) is 22.4 Å². The molecule has 3 rings (SSSR count). The number of carbonyl (C=O) groups excluding carboxylic acids is 1. The summed E-state index contributed by atoms with van der Waals surface area (Å²) in [5, 5.41) is 2.93. The Hall–Kier alpha value is -1.75. The summed E-state index contributed by atoms with van der Waals surface area (Å²) in [5.41, 5.74) is 2.03. The van der Waals surface area contributed by atoms with Crippen molar-refractivity contribution in [2.24, 2.45) is 5.92 Å². The van der Waals surface area contributed by atoms with E-state index in [1.54, 1.807) is 24.5 Å². The number of amides is 1. The van der Waals surface area contributed by atoms with Gasteiger partial charge in [0, 0.05) is 37.3 Å². The van der Waals surface area contributed by atoms with Crippen molar-refractivity contribution in [3.05, 3.63) is 35.5 Å². The van der Waals surface area contributed by atoms with Gasteiger partial charge in [-0.25, -0.2) is 4.98 Å². The van der Waals surface area contributed by atoms with Crippen molar-refractivity contribution in [3.63, 3.8) is 0 Å². The monoisotopic (exact) mass is 287 g/mol. The topological polar surface area (TPSA) is 46.1 Å². The summed E-state index contributed by atoms with van der Waals surface area (Å²) < 4.78 is 0. The molecule has 0 aromatic carbocycles. The lowest BCUT2D eigenvalue weighted by Crippen LogP contribution is -2.26. The molecule has 1 atom stereocenters. The van der Waals surface area contributed by atoms with Crippen LogP contribution in [0.25, 0.3) is 10.7 Å². The molecule has 2 aromatic heterocycles. The molecule has 0 unspecified atom stereocenters. The van der Waals surface area contributed by atoms with E-state index in [9.17, 15) is 4.79 Å². The fraction of sp³-hybridized carbons (Fsp3) is 0.400. The summed E-state index contributed by atoms with van der Waals surface area (Å²) in [7, 11) is 0. The summed E-state index contributed by atoms with van der Waals surface area (Å²) in [6.07, 6.45) is 3.81. The minimum atomic E-state index is 0.178. The maximum atomic E-state index is 11.4. The quantitative estimate of drug-likeness (QED) is 0.871. The summed E-state index contributed by atoms with van der Waals surface area (Å²) in [6, 6.07) is 6.10. The van der Waals surface area contributed by atoms with Crippen molar-refractivity contribution in [1.82, 2.24) is 14.9 Å². The number of aromatic nitrogens is 2. The Balaban J connectivity index is 1.70. The van der Waals surface area contributed by atoms with Crippen LogP contribution in [0.2, 0.25) is 0 Å². The lowest BCUT2D eigenvalue weighted by Gasteiger charge is -2.13. The molecule has 4 nitrogen and oxygen atoms in total. The van der Waals surface area contributed by atoms with E-state index in [-0.39, 0.29) is 5.91 Å². The largest absolute Gasteiger partial charge is 0.343 e. The molecule has 5 heteroatoms. The Labute approximate surface area is 122 Å². The lowest BCUT2D eigenvalue weighted by molar-refractivity contribution is -0.127. The highest BCUT2D eigenvalue weighted by molar-refractivity contribution is 7.13. The van der Waals surface area contributed by atoms with E-state index in [0.29, 0.717) is 5.92 Å². The van der Waals surface area contributed by atoms with Crippen LogP contribution < -0.4 is 0 Å². The van der Waals surface area contributed by atoms with Crippen LogP contribution in [0, 0.1) is 5.92 Å². The van der Waals surface area contributed by atoms with Crippen molar-refractivity contribution in [3.8, 4) is 10.7 Å². The van der Waals surface area contributed by atoms with E-state index >= 15 is 0 Å². The molecule has 0 saturated carbocycles.